The second-order valence-corrected chi connectivity index (χ2v) is 4.54. The van der Waals surface area contributed by atoms with Crippen molar-refractivity contribution in [3.63, 3.8) is 0 Å². The number of carbonyl (C=O) groups excluding carboxylic acids is 1. The fraction of sp³-hybridized carbons (Fsp3) is 0.267. The number of alkyl halides is 1. The standard InChI is InChI=1S/C15H16ClNO3/c1-3-19-13-5-4-12(8-11(13)9-16)17-15(18)14-10(2)6-7-20-14/h4-8H,3,9H2,1-2H3,(H,17,18). The largest absolute Gasteiger partial charge is 0.494 e. The smallest absolute Gasteiger partial charge is 0.291 e. The second kappa shape index (κ2) is 6.48. The van der Waals surface area contributed by atoms with Crippen LogP contribution in [0, 0.1) is 6.92 Å². The first-order valence-corrected chi connectivity index (χ1v) is 6.86. The molecule has 20 heavy (non-hydrogen) atoms. The summed E-state index contributed by atoms with van der Waals surface area (Å²) < 4.78 is 10.6. The van der Waals surface area contributed by atoms with Gasteiger partial charge in [-0.1, -0.05) is 0 Å². The lowest BCUT2D eigenvalue weighted by atomic mass is 10.2. The molecule has 0 saturated carbocycles. The average Bonchev–Trinajstić information content (AvgIpc) is 2.87. The summed E-state index contributed by atoms with van der Waals surface area (Å²) in [6.07, 6.45) is 1.49. The molecule has 1 amide bonds. The summed E-state index contributed by atoms with van der Waals surface area (Å²) in [7, 11) is 0. The molecule has 0 saturated heterocycles. The quantitative estimate of drug-likeness (QED) is 0.848. The van der Waals surface area contributed by atoms with E-state index in [0.717, 1.165) is 16.9 Å². The number of aryl methyl sites for hydroxylation is 1. The van der Waals surface area contributed by atoms with Gasteiger partial charge in [0, 0.05) is 16.8 Å². The van der Waals surface area contributed by atoms with Gasteiger partial charge in [-0.3, -0.25) is 4.79 Å². The van der Waals surface area contributed by atoms with Crippen LogP contribution >= 0.6 is 11.6 Å². The zero-order valence-electron chi connectivity index (χ0n) is 11.4. The highest BCUT2D eigenvalue weighted by atomic mass is 35.5. The second-order valence-electron chi connectivity index (χ2n) is 4.28. The first-order chi connectivity index (χ1) is 9.65. The van der Waals surface area contributed by atoms with Crippen LogP contribution in [0.1, 0.15) is 28.6 Å². The van der Waals surface area contributed by atoms with Crippen LogP contribution in [0.5, 0.6) is 5.75 Å². The summed E-state index contributed by atoms with van der Waals surface area (Å²) >= 11 is 5.89. The molecular weight excluding hydrogens is 278 g/mol. The molecule has 0 aliphatic heterocycles. The van der Waals surface area contributed by atoms with E-state index in [1.54, 1.807) is 24.3 Å². The molecule has 0 aliphatic carbocycles. The lowest BCUT2D eigenvalue weighted by molar-refractivity contribution is 0.0996. The Balaban J connectivity index is 2.18. The van der Waals surface area contributed by atoms with Crippen LogP contribution in [0.4, 0.5) is 5.69 Å². The van der Waals surface area contributed by atoms with Crippen molar-refractivity contribution in [2.75, 3.05) is 11.9 Å². The summed E-state index contributed by atoms with van der Waals surface area (Å²) in [5, 5.41) is 2.78. The van der Waals surface area contributed by atoms with Crippen molar-refractivity contribution < 1.29 is 13.9 Å². The summed E-state index contributed by atoms with van der Waals surface area (Å²) in [6, 6.07) is 7.12. The number of nitrogens with one attached hydrogen (secondary N) is 1. The molecule has 5 heteroatoms. The number of anilines is 1. The molecule has 1 aromatic carbocycles. The number of furan rings is 1. The van der Waals surface area contributed by atoms with E-state index >= 15 is 0 Å². The molecule has 0 unspecified atom stereocenters. The van der Waals surface area contributed by atoms with E-state index in [1.807, 2.05) is 13.8 Å². The summed E-state index contributed by atoms with van der Waals surface area (Å²) in [5.41, 5.74) is 2.29. The van der Waals surface area contributed by atoms with Gasteiger partial charge in [0.05, 0.1) is 18.8 Å². The zero-order valence-corrected chi connectivity index (χ0v) is 12.2. The molecule has 2 aromatic rings. The number of ether oxygens (including phenoxy) is 1. The number of rotatable bonds is 5. The van der Waals surface area contributed by atoms with Crippen molar-refractivity contribution in [2.45, 2.75) is 19.7 Å². The molecule has 0 fully saturated rings. The summed E-state index contributed by atoms with van der Waals surface area (Å²) in [6.45, 7) is 4.30. The van der Waals surface area contributed by atoms with Gasteiger partial charge >= 0.3 is 0 Å². The predicted octanol–water partition coefficient (Wildman–Crippen LogP) is 3.98. The molecule has 0 aliphatic rings. The normalized spacial score (nSPS) is 10.3. The van der Waals surface area contributed by atoms with Gasteiger partial charge < -0.3 is 14.5 Å². The highest BCUT2D eigenvalue weighted by Crippen LogP contribution is 2.25. The van der Waals surface area contributed by atoms with E-state index in [2.05, 4.69) is 5.32 Å². The van der Waals surface area contributed by atoms with E-state index in [-0.39, 0.29) is 5.91 Å². The van der Waals surface area contributed by atoms with E-state index in [0.29, 0.717) is 23.9 Å². The van der Waals surface area contributed by atoms with Gasteiger partial charge in [0.25, 0.3) is 5.91 Å². The third-order valence-electron chi connectivity index (χ3n) is 2.83. The van der Waals surface area contributed by atoms with Crippen LogP contribution in [-0.4, -0.2) is 12.5 Å². The third-order valence-corrected chi connectivity index (χ3v) is 3.12. The number of amides is 1. The molecular formula is C15H16ClNO3. The van der Waals surface area contributed by atoms with Crippen LogP contribution < -0.4 is 10.1 Å². The highest BCUT2D eigenvalue weighted by Gasteiger charge is 2.13. The van der Waals surface area contributed by atoms with Crippen LogP contribution in [-0.2, 0) is 5.88 Å². The maximum absolute atomic E-state index is 12.0. The predicted molar refractivity (Wildman–Crippen MR) is 78.6 cm³/mol. The SMILES string of the molecule is CCOc1ccc(NC(=O)c2occc2C)cc1CCl. The van der Waals surface area contributed by atoms with Crippen molar-refractivity contribution >= 4 is 23.2 Å². The van der Waals surface area contributed by atoms with Crippen molar-refractivity contribution in [1.82, 2.24) is 0 Å². The molecule has 1 N–H and O–H groups in total. The molecule has 0 spiro atoms. The zero-order chi connectivity index (χ0) is 14.5. The van der Waals surface area contributed by atoms with Gasteiger partial charge in [0.2, 0.25) is 0 Å². The molecule has 2 rings (SSSR count). The van der Waals surface area contributed by atoms with Crippen molar-refractivity contribution in [3.05, 3.63) is 47.4 Å². The monoisotopic (exact) mass is 293 g/mol. The minimum atomic E-state index is -0.280. The Morgan fingerprint density at radius 3 is 2.80 bits per heavy atom. The summed E-state index contributed by atoms with van der Waals surface area (Å²) in [4.78, 5) is 12.0. The first kappa shape index (κ1) is 14.5. The van der Waals surface area contributed by atoms with Crippen LogP contribution in [0.2, 0.25) is 0 Å². The van der Waals surface area contributed by atoms with E-state index in [4.69, 9.17) is 20.8 Å². The number of carbonyl (C=O) groups is 1. The van der Waals surface area contributed by atoms with Crippen molar-refractivity contribution in [2.24, 2.45) is 0 Å². The van der Waals surface area contributed by atoms with Crippen molar-refractivity contribution in [3.8, 4) is 5.75 Å². The lowest BCUT2D eigenvalue weighted by Gasteiger charge is -2.11. The van der Waals surface area contributed by atoms with Gasteiger partial charge in [-0.05, 0) is 38.1 Å². The van der Waals surface area contributed by atoms with E-state index in [9.17, 15) is 4.79 Å². The number of halogens is 1. The fourth-order valence-corrected chi connectivity index (χ4v) is 2.06. The Labute approximate surface area is 122 Å². The highest BCUT2D eigenvalue weighted by molar-refractivity contribution is 6.17. The Hall–Kier alpha value is -1.94. The van der Waals surface area contributed by atoms with Crippen LogP contribution in [0.3, 0.4) is 0 Å². The number of hydrogen-bond donors (Lipinski definition) is 1. The molecule has 0 radical (unpaired) electrons. The van der Waals surface area contributed by atoms with Gasteiger partial charge in [-0.2, -0.15) is 0 Å². The Morgan fingerprint density at radius 1 is 1.40 bits per heavy atom. The van der Waals surface area contributed by atoms with E-state index in [1.165, 1.54) is 6.26 Å². The molecule has 106 valence electrons. The molecule has 0 bridgehead atoms. The third kappa shape index (κ3) is 3.14. The lowest BCUT2D eigenvalue weighted by Crippen LogP contribution is -2.12. The van der Waals surface area contributed by atoms with Crippen molar-refractivity contribution in [1.29, 1.82) is 0 Å². The van der Waals surface area contributed by atoms with Gasteiger partial charge in [0.15, 0.2) is 5.76 Å². The first-order valence-electron chi connectivity index (χ1n) is 6.32. The Kier molecular flexibility index (Phi) is 4.69. The van der Waals surface area contributed by atoms with Gasteiger partial charge in [0.1, 0.15) is 5.75 Å². The summed E-state index contributed by atoms with van der Waals surface area (Å²) in [5.74, 6) is 1.08. The van der Waals surface area contributed by atoms with E-state index < -0.39 is 0 Å². The Bertz CT molecular complexity index is 607. The van der Waals surface area contributed by atoms with Gasteiger partial charge in [-0.25, -0.2) is 0 Å². The maximum Gasteiger partial charge on any atom is 0.291 e. The molecule has 1 aromatic heterocycles. The minimum absolute atomic E-state index is 0.280. The van der Waals surface area contributed by atoms with Crippen LogP contribution in [0.25, 0.3) is 0 Å². The molecule has 4 nitrogen and oxygen atoms in total. The topological polar surface area (TPSA) is 51.5 Å². The number of benzene rings is 1. The number of hydrogen-bond acceptors (Lipinski definition) is 3. The Morgan fingerprint density at radius 2 is 2.20 bits per heavy atom. The maximum atomic E-state index is 12.0. The molecule has 0 atom stereocenters. The fourth-order valence-electron chi connectivity index (χ4n) is 1.85. The molecule has 1 heterocycles. The van der Waals surface area contributed by atoms with Crippen LogP contribution in [0.15, 0.2) is 34.9 Å². The van der Waals surface area contributed by atoms with Gasteiger partial charge in [-0.15, -0.1) is 11.6 Å². The minimum Gasteiger partial charge on any atom is -0.494 e. The average molecular weight is 294 g/mol.